The fraction of sp³-hybridized carbons (Fsp3) is 0.357. The van der Waals surface area contributed by atoms with Crippen LogP contribution in [0.1, 0.15) is 24.1 Å². The summed E-state index contributed by atoms with van der Waals surface area (Å²) in [5, 5.41) is 15.1. The van der Waals surface area contributed by atoms with Crippen LogP contribution in [-0.2, 0) is 13.1 Å². The Morgan fingerprint density at radius 1 is 1.38 bits per heavy atom. The molecule has 2 heterocycles. The SMILES string of the molecule is NC(=NO)c1ncccc1CNCCCCn1ccnc1. The van der Waals surface area contributed by atoms with Gasteiger partial charge in [-0.1, -0.05) is 11.2 Å². The number of nitrogens with one attached hydrogen (secondary N) is 1. The van der Waals surface area contributed by atoms with Crippen molar-refractivity contribution in [1.29, 1.82) is 0 Å². The summed E-state index contributed by atoms with van der Waals surface area (Å²) in [4.78, 5) is 8.14. The van der Waals surface area contributed by atoms with Gasteiger partial charge in [0.1, 0.15) is 5.69 Å². The number of nitrogens with two attached hydrogens (primary N) is 1. The molecule has 112 valence electrons. The Balaban J connectivity index is 1.71. The van der Waals surface area contributed by atoms with Crippen LogP contribution in [0.15, 0.2) is 42.2 Å². The molecule has 2 aromatic heterocycles. The van der Waals surface area contributed by atoms with E-state index in [1.807, 2.05) is 24.7 Å². The van der Waals surface area contributed by atoms with E-state index in [1.165, 1.54) is 0 Å². The number of nitrogens with zero attached hydrogens (tertiary/aromatic N) is 4. The normalized spacial score (nSPS) is 11.7. The van der Waals surface area contributed by atoms with Gasteiger partial charge < -0.3 is 20.8 Å². The van der Waals surface area contributed by atoms with E-state index in [0.717, 1.165) is 31.5 Å². The van der Waals surface area contributed by atoms with Crippen LogP contribution in [0.5, 0.6) is 0 Å². The quantitative estimate of drug-likeness (QED) is 0.221. The summed E-state index contributed by atoms with van der Waals surface area (Å²) in [6, 6.07) is 3.75. The Bertz CT molecular complexity index is 567. The van der Waals surface area contributed by atoms with E-state index in [1.54, 1.807) is 12.4 Å². The van der Waals surface area contributed by atoms with Crippen LogP contribution in [0.25, 0.3) is 0 Å². The molecule has 0 fully saturated rings. The summed E-state index contributed by atoms with van der Waals surface area (Å²) in [5.41, 5.74) is 7.04. The molecule has 2 rings (SSSR count). The van der Waals surface area contributed by atoms with Gasteiger partial charge in [-0.15, -0.1) is 0 Å². The van der Waals surface area contributed by atoms with Crippen molar-refractivity contribution in [3.8, 4) is 0 Å². The maximum Gasteiger partial charge on any atom is 0.189 e. The Kier molecular flexibility index (Phi) is 5.71. The molecule has 0 aliphatic carbocycles. The second-order valence-electron chi connectivity index (χ2n) is 4.68. The molecule has 4 N–H and O–H groups in total. The number of hydrogen-bond donors (Lipinski definition) is 3. The molecule has 0 saturated carbocycles. The van der Waals surface area contributed by atoms with Crippen molar-refractivity contribution in [3.63, 3.8) is 0 Å². The van der Waals surface area contributed by atoms with E-state index in [9.17, 15) is 0 Å². The van der Waals surface area contributed by atoms with Gasteiger partial charge in [-0.3, -0.25) is 4.98 Å². The molecule has 0 aliphatic heterocycles. The van der Waals surface area contributed by atoms with Crippen molar-refractivity contribution in [2.24, 2.45) is 10.9 Å². The van der Waals surface area contributed by atoms with Crippen LogP contribution in [0.3, 0.4) is 0 Å². The van der Waals surface area contributed by atoms with Gasteiger partial charge in [0.2, 0.25) is 0 Å². The minimum atomic E-state index is 0.0347. The van der Waals surface area contributed by atoms with Crippen LogP contribution in [0, 0.1) is 0 Å². The highest BCUT2D eigenvalue weighted by Gasteiger charge is 2.07. The van der Waals surface area contributed by atoms with Gasteiger partial charge in [-0.25, -0.2) is 4.98 Å². The predicted octanol–water partition coefficient (Wildman–Crippen LogP) is 0.943. The van der Waals surface area contributed by atoms with Crippen molar-refractivity contribution >= 4 is 5.84 Å². The molecule has 7 heteroatoms. The summed E-state index contributed by atoms with van der Waals surface area (Å²) >= 11 is 0. The average Bonchev–Trinajstić information content (AvgIpc) is 3.03. The van der Waals surface area contributed by atoms with Crippen molar-refractivity contribution < 1.29 is 5.21 Å². The van der Waals surface area contributed by atoms with E-state index in [0.29, 0.717) is 12.2 Å². The lowest BCUT2D eigenvalue weighted by Gasteiger charge is -2.08. The second kappa shape index (κ2) is 8.01. The Morgan fingerprint density at radius 3 is 3.05 bits per heavy atom. The van der Waals surface area contributed by atoms with E-state index in [2.05, 4.69) is 25.0 Å². The third-order valence-electron chi connectivity index (χ3n) is 3.14. The third kappa shape index (κ3) is 4.57. The van der Waals surface area contributed by atoms with Gasteiger partial charge in [0.15, 0.2) is 5.84 Å². The highest BCUT2D eigenvalue weighted by Crippen LogP contribution is 2.05. The molecular weight excluding hydrogens is 268 g/mol. The molecule has 0 saturated heterocycles. The molecule has 0 radical (unpaired) electrons. The van der Waals surface area contributed by atoms with Gasteiger partial charge in [-0.05, 0) is 31.0 Å². The molecule has 0 unspecified atom stereocenters. The Morgan fingerprint density at radius 2 is 2.29 bits per heavy atom. The summed E-state index contributed by atoms with van der Waals surface area (Å²) in [6.45, 7) is 2.52. The van der Waals surface area contributed by atoms with Crippen LogP contribution >= 0.6 is 0 Å². The van der Waals surface area contributed by atoms with Crippen molar-refractivity contribution in [2.75, 3.05) is 6.54 Å². The first-order valence-corrected chi connectivity index (χ1v) is 6.89. The van der Waals surface area contributed by atoms with Gasteiger partial charge >= 0.3 is 0 Å². The molecule has 0 amide bonds. The highest BCUT2D eigenvalue weighted by molar-refractivity contribution is 5.96. The first kappa shape index (κ1) is 15.0. The minimum Gasteiger partial charge on any atom is -0.409 e. The maximum absolute atomic E-state index is 8.74. The van der Waals surface area contributed by atoms with Crippen LogP contribution in [0.2, 0.25) is 0 Å². The van der Waals surface area contributed by atoms with Crippen LogP contribution < -0.4 is 11.1 Å². The molecule has 0 aromatic carbocycles. The molecule has 0 atom stereocenters. The zero-order chi connectivity index (χ0) is 14.9. The standard InChI is InChI=1S/C14H20N6O/c15-14(19-21)13-12(4-3-6-18-13)10-16-5-1-2-8-20-9-7-17-11-20/h3-4,6-7,9,11,16,21H,1-2,5,8,10H2,(H2,15,19). The van der Waals surface area contributed by atoms with Crippen molar-refractivity contribution in [1.82, 2.24) is 19.9 Å². The molecule has 2 aromatic rings. The molecule has 7 nitrogen and oxygen atoms in total. The fourth-order valence-corrected chi connectivity index (χ4v) is 2.05. The predicted molar refractivity (Wildman–Crippen MR) is 79.9 cm³/mol. The number of aryl methyl sites for hydroxylation is 1. The second-order valence-corrected chi connectivity index (χ2v) is 4.68. The van der Waals surface area contributed by atoms with Crippen molar-refractivity contribution in [3.05, 3.63) is 48.3 Å². The van der Waals surface area contributed by atoms with Gasteiger partial charge in [0.05, 0.1) is 6.33 Å². The number of imidazole rings is 1. The lowest BCUT2D eigenvalue weighted by molar-refractivity contribution is 0.318. The lowest BCUT2D eigenvalue weighted by atomic mass is 10.1. The molecule has 0 aliphatic rings. The number of rotatable bonds is 8. The summed E-state index contributed by atoms with van der Waals surface area (Å²) in [7, 11) is 0. The van der Waals surface area contributed by atoms with E-state index < -0.39 is 0 Å². The first-order valence-electron chi connectivity index (χ1n) is 6.89. The summed E-state index contributed by atoms with van der Waals surface area (Å²) in [5.74, 6) is 0.0347. The van der Waals surface area contributed by atoms with Crippen LogP contribution in [-0.4, -0.2) is 32.1 Å². The Labute approximate surface area is 123 Å². The van der Waals surface area contributed by atoms with E-state index in [-0.39, 0.29) is 5.84 Å². The topological polar surface area (TPSA) is 101 Å². The molecule has 0 spiro atoms. The number of hydrogen-bond acceptors (Lipinski definition) is 5. The number of oxime groups is 1. The smallest absolute Gasteiger partial charge is 0.189 e. The van der Waals surface area contributed by atoms with E-state index in [4.69, 9.17) is 10.9 Å². The number of aromatic nitrogens is 3. The average molecular weight is 288 g/mol. The molecular formula is C14H20N6O. The third-order valence-corrected chi connectivity index (χ3v) is 3.14. The maximum atomic E-state index is 8.74. The van der Waals surface area contributed by atoms with Gasteiger partial charge in [0, 0.05) is 31.7 Å². The lowest BCUT2D eigenvalue weighted by Crippen LogP contribution is -2.22. The monoisotopic (exact) mass is 288 g/mol. The largest absolute Gasteiger partial charge is 0.409 e. The van der Waals surface area contributed by atoms with E-state index >= 15 is 0 Å². The fourth-order valence-electron chi connectivity index (χ4n) is 2.05. The minimum absolute atomic E-state index is 0.0347. The summed E-state index contributed by atoms with van der Waals surface area (Å²) in [6.07, 6.45) is 9.36. The highest BCUT2D eigenvalue weighted by atomic mass is 16.4. The zero-order valence-corrected chi connectivity index (χ0v) is 11.8. The molecule has 0 bridgehead atoms. The number of amidine groups is 1. The van der Waals surface area contributed by atoms with Gasteiger partial charge in [-0.2, -0.15) is 0 Å². The number of unbranched alkanes of at least 4 members (excludes halogenated alkanes) is 1. The number of pyridine rings is 1. The Hall–Kier alpha value is -2.41. The van der Waals surface area contributed by atoms with Crippen LogP contribution in [0.4, 0.5) is 0 Å². The molecule has 21 heavy (non-hydrogen) atoms. The van der Waals surface area contributed by atoms with Crippen molar-refractivity contribution in [2.45, 2.75) is 25.9 Å². The first-order chi connectivity index (χ1) is 10.3. The zero-order valence-electron chi connectivity index (χ0n) is 11.8. The summed E-state index contributed by atoms with van der Waals surface area (Å²) < 4.78 is 2.07. The van der Waals surface area contributed by atoms with Gasteiger partial charge in [0.25, 0.3) is 0 Å².